The second-order valence-corrected chi connectivity index (χ2v) is 5.45. The highest BCUT2D eigenvalue weighted by atomic mass is 16.7. The number of hydrogen-bond acceptors (Lipinski definition) is 4. The van der Waals surface area contributed by atoms with Crippen molar-refractivity contribution >= 4 is 5.91 Å². The Kier molecular flexibility index (Phi) is 5.60. The minimum Gasteiger partial charge on any atom is -0.355 e. The third kappa shape index (κ3) is 3.91. The Labute approximate surface area is 115 Å². The van der Waals surface area contributed by atoms with Crippen molar-refractivity contribution < 1.29 is 14.3 Å². The number of likely N-dealkylation sites (tertiary alicyclic amines) is 1. The molecule has 2 aliphatic heterocycles. The van der Waals surface area contributed by atoms with Crippen LogP contribution in [0.15, 0.2) is 0 Å². The van der Waals surface area contributed by atoms with E-state index in [0.717, 1.165) is 52.1 Å². The maximum absolute atomic E-state index is 11.9. The van der Waals surface area contributed by atoms with E-state index in [1.54, 1.807) is 0 Å². The van der Waals surface area contributed by atoms with Gasteiger partial charge in [0, 0.05) is 12.5 Å². The van der Waals surface area contributed by atoms with Crippen molar-refractivity contribution in [2.75, 3.05) is 32.8 Å². The third-order valence-electron chi connectivity index (χ3n) is 4.08. The van der Waals surface area contributed by atoms with Crippen LogP contribution in [0.5, 0.6) is 0 Å². The van der Waals surface area contributed by atoms with Crippen molar-refractivity contribution in [1.29, 1.82) is 0 Å². The Balaban J connectivity index is 1.74. The van der Waals surface area contributed by atoms with Crippen LogP contribution in [0.4, 0.5) is 0 Å². The summed E-state index contributed by atoms with van der Waals surface area (Å²) in [5.41, 5.74) is 0. The van der Waals surface area contributed by atoms with E-state index in [1.165, 1.54) is 0 Å². The molecule has 19 heavy (non-hydrogen) atoms. The molecule has 0 aromatic heterocycles. The Morgan fingerprint density at radius 3 is 2.53 bits per heavy atom. The van der Waals surface area contributed by atoms with Crippen LogP contribution in [0.25, 0.3) is 0 Å². The van der Waals surface area contributed by atoms with Gasteiger partial charge in [0.15, 0.2) is 6.29 Å². The fourth-order valence-corrected chi connectivity index (χ4v) is 2.79. The molecule has 2 aliphatic rings. The Hall–Kier alpha value is -0.650. The van der Waals surface area contributed by atoms with E-state index < -0.39 is 0 Å². The number of piperidine rings is 1. The van der Waals surface area contributed by atoms with Crippen molar-refractivity contribution in [2.24, 2.45) is 5.92 Å². The first-order valence-electron chi connectivity index (χ1n) is 7.47. The van der Waals surface area contributed by atoms with Crippen LogP contribution >= 0.6 is 0 Å². The number of nitrogens with zero attached hydrogens (tertiary/aromatic N) is 1. The van der Waals surface area contributed by atoms with E-state index in [0.29, 0.717) is 5.92 Å². The summed E-state index contributed by atoms with van der Waals surface area (Å²) in [7, 11) is 0. The van der Waals surface area contributed by atoms with Crippen LogP contribution in [0.3, 0.4) is 0 Å². The number of ether oxygens (including phenoxy) is 2. The van der Waals surface area contributed by atoms with Crippen molar-refractivity contribution in [3.8, 4) is 0 Å². The van der Waals surface area contributed by atoms with Gasteiger partial charge in [0.1, 0.15) is 0 Å². The smallest absolute Gasteiger partial charge is 0.237 e. The molecule has 0 saturated carbocycles. The van der Waals surface area contributed by atoms with Gasteiger partial charge >= 0.3 is 0 Å². The standard InChI is InChI=1S/C14H26N2O3/c1-3-6-15-13(17)11(2)16-7-4-12(5-8-16)14-18-9-10-19-14/h11-12,14H,3-10H2,1-2H3,(H,15,17). The fraction of sp³-hybridized carbons (Fsp3) is 0.929. The SMILES string of the molecule is CCCNC(=O)C(C)N1CCC(C2OCCO2)CC1. The molecule has 0 spiro atoms. The van der Waals surface area contributed by atoms with E-state index >= 15 is 0 Å². The van der Waals surface area contributed by atoms with Gasteiger partial charge in [-0.1, -0.05) is 6.92 Å². The van der Waals surface area contributed by atoms with Crippen molar-refractivity contribution in [3.63, 3.8) is 0 Å². The molecule has 5 heteroatoms. The Morgan fingerprint density at radius 2 is 1.95 bits per heavy atom. The lowest BCUT2D eigenvalue weighted by atomic mass is 9.95. The quantitative estimate of drug-likeness (QED) is 0.809. The maximum Gasteiger partial charge on any atom is 0.237 e. The number of amides is 1. The van der Waals surface area contributed by atoms with Crippen LogP contribution in [0.2, 0.25) is 0 Å². The molecule has 1 unspecified atom stereocenters. The molecule has 2 heterocycles. The monoisotopic (exact) mass is 270 g/mol. The highest BCUT2D eigenvalue weighted by Gasteiger charge is 2.32. The Morgan fingerprint density at radius 1 is 1.32 bits per heavy atom. The molecule has 2 rings (SSSR count). The first kappa shape index (κ1) is 14.8. The molecular formula is C14H26N2O3. The van der Waals surface area contributed by atoms with Crippen LogP contribution in [0.1, 0.15) is 33.1 Å². The van der Waals surface area contributed by atoms with Gasteiger partial charge in [-0.05, 0) is 39.3 Å². The molecule has 1 N–H and O–H groups in total. The zero-order valence-electron chi connectivity index (χ0n) is 12.1. The normalized spacial score (nSPS) is 24.5. The number of carbonyl (C=O) groups excluding carboxylic acids is 1. The van der Waals surface area contributed by atoms with E-state index in [1.807, 2.05) is 6.92 Å². The van der Waals surface area contributed by atoms with Crippen LogP contribution in [-0.2, 0) is 14.3 Å². The first-order chi connectivity index (χ1) is 9.22. The second kappa shape index (κ2) is 7.22. The highest BCUT2D eigenvalue weighted by Crippen LogP contribution is 2.26. The zero-order chi connectivity index (χ0) is 13.7. The molecule has 2 fully saturated rings. The molecule has 0 aliphatic carbocycles. The predicted molar refractivity (Wildman–Crippen MR) is 72.8 cm³/mol. The molecule has 0 aromatic rings. The summed E-state index contributed by atoms with van der Waals surface area (Å²) in [5, 5.41) is 2.97. The molecule has 2 saturated heterocycles. The fourth-order valence-electron chi connectivity index (χ4n) is 2.79. The molecule has 1 amide bonds. The largest absolute Gasteiger partial charge is 0.355 e. The van der Waals surface area contributed by atoms with E-state index in [9.17, 15) is 4.79 Å². The van der Waals surface area contributed by atoms with Crippen molar-refractivity contribution in [2.45, 2.75) is 45.4 Å². The first-order valence-corrected chi connectivity index (χ1v) is 7.47. The number of rotatable bonds is 5. The van der Waals surface area contributed by atoms with E-state index in [2.05, 4.69) is 17.1 Å². The predicted octanol–water partition coefficient (Wildman–Crippen LogP) is 0.986. The lowest BCUT2D eigenvalue weighted by Gasteiger charge is -2.36. The number of nitrogens with one attached hydrogen (secondary N) is 1. The minimum atomic E-state index is -0.0297. The summed E-state index contributed by atoms with van der Waals surface area (Å²) in [6.45, 7) is 8.18. The van der Waals surface area contributed by atoms with Gasteiger partial charge in [0.2, 0.25) is 5.91 Å². The molecule has 110 valence electrons. The van der Waals surface area contributed by atoms with Gasteiger partial charge in [0.25, 0.3) is 0 Å². The average molecular weight is 270 g/mol. The number of carbonyl (C=O) groups is 1. The van der Waals surface area contributed by atoms with Crippen LogP contribution in [-0.4, -0.2) is 56.0 Å². The van der Waals surface area contributed by atoms with E-state index in [-0.39, 0.29) is 18.2 Å². The molecular weight excluding hydrogens is 244 g/mol. The van der Waals surface area contributed by atoms with Gasteiger partial charge in [-0.2, -0.15) is 0 Å². The topological polar surface area (TPSA) is 50.8 Å². The molecule has 0 bridgehead atoms. The van der Waals surface area contributed by atoms with E-state index in [4.69, 9.17) is 9.47 Å². The summed E-state index contributed by atoms with van der Waals surface area (Å²) < 4.78 is 11.1. The summed E-state index contributed by atoms with van der Waals surface area (Å²) in [6.07, 6.45) is 3.08. The summed E-state index contributed by atoms with van der Waals surface area (Å²) >= 11 is 0. The van der Waals surface area contributed by atoms with Gasteiger partial charge in [-0.3, -0.25) is 9.69 Å². The lowest BCUT2D eigenvalue weighted by molar-refractivity contribution is -0.128. The minimum absolute atomic E-state index is 0.00799. The third-order valence-corrected chi connectivity index (χ3v) is 4.08. The second-order valence-electron chi connectivity index (χ2n) is 5.45. The van der Waals surface area contributed by atoms with Crippen molar-refractivity contribution in [1.82, 2.24) is 10.2 Å². The van der Waals surface area contributed by atoms with Gasteiger partial charge < -0.3 is 14.8 Å². The lowest BCUT2D eigenvalue weighted by Crippen LogP contribution is -2.49. The molecule has 0 aromatic carbocycles. The summed E-state index contributed by atoms with van der Waals surface area (Å²) in [5.74, 6) is 0.637. The molecule has 5 nitrogen and oxygen atoms in total. The highest BCUT2D eigenvalue weighted by molar-refractivity contribution is 5.81. The van der Waals surface area contributed by atoms with Crippen LogP contribution < -0.4 is 5.32 Å². The van der Waals surface area contributed by atoms with Crippen LogP contribution in [0, 0.1) is 5.92 Å². The van der Waals surface area contributed by atoms with Gasteiger partial charge in [-0.15, -0.1) is 0 Å². The summed E-state index contributed by atoms with van der Waals surface area (Å²) in [6, 6.07) is -0.0297. The van der Waals surface area contributed by atoms with Gasteiger partial charge in [-0.25, -0.2) is 0 Å². The molecule has 0 radical (unpaired) electrons. The molecule has 1 atom stereocenters. The van der Waals surface area contributed by atoms with Crippen molar-refractivity contribution in [3.05, 3.63) is 0 Å². The van der Waals surface area contributed by atoms with Gasteiger partial charge in [0.05, 0.1) is 19.3 Å². The average Bonchev–Trinajstić information content (AvgIpc) is 2.98. The zero-order valence-corrected chi connectivity index (χ0v) is 12.1. The Bertz CT molecular complexity index is 284. The summed E-state index contributed by atoms with van der Waals surface area (Å²) in [4.78, 5) is 14.2. The number of hydrogen-bond donors (Lipinski definition) is 1. The maximum atomic E-state index is 11.9.